The summed E-state index contributed by atoms with van der Waals surface area (Å²) in [6.07, 6.45) is 1.83. The summed E-state index contributed by atoms with van der Waals surface area (Å²) in [6, 6.07) is 20.8. The Hall–Kier alpha value is -2.86. The lowest BCUT2D eigenvalue weighted by atomic mass is 10.0. The van der Waals surface area contributed by atoms with E-state index in [0.29, 0.717) is 12.1 Å². The first-order valence-electron chi connectivity index (χ1n) is 9.61. The minimum absolute atomic E-state index is 0.169. The maximum Gasteiger partial charge on any atom is 0.241 e. The van der Waals surface area contributed by atoms with Gasteiger partial charge in [0.1, 0.15) is 6.54 Å². The Balaban J connectivity index is 1.87. The first kappa shape index (κ1) is 20.9. The molecule has 1 N–H and O–H groups in total. The van der Waals surface area contributed by atoms with Crippen LogP contribution in [0.3, 0.4) is 0 Å². The van der Waals surface area contributed by atoms with E-state index in [0.717, 1.165) is 28.2 Å². The van der Waals surface area contributed by atoms with Gasteiger partial charge < -0.3 is 5.32 Å². The molecule has 0 aliphatic rings. The number of aryl methyl sites for hydroxylation is 1. The molecule has 3 rings (SSSR count). The van der Waals surface area contributed by atoms with E-state index in [9.17, 15) is 13.2 Å². The van der Waals surface area contributed by atoms with Crippen molar-refractivity contribution >= 4 is 32.4 Å². The lowest BCUT2D eigenvalue weighted by Crippen LogP contribution is -2.41. The van der Waals surface area contributed by atoms with Crippen molar-refractivity contribution in [2.75, 3.05) is 17.1 Å². The van der Waals surface area contributed by atoms with E-state index in [-0.39, 0.29) is 18.5 Å². The van der Waals surface area contributed by atoms with Gasteiger partial charge in [0.05, 0.1) is 18.0 Å². The molecule has 5 nitrogen and oxygen atoms in total. The van der Waals surface area contributed by atoms with Crippen molar-refractivity contribution in [3.8, 4) is 0 Å². The molecule has 0 aromatic heterocycles. The zero-order chi connectivity index (χ0) is 21.0. The van der Waals surface area contributed by atoms with E-state index in [1.807, 2.05) is 68.4 Å². The van der Waals surface area contributed by atoms with Gasteiger partial charge in [-0.3, -0.25) is 9.10 Å². The Morgan fingerprint density at radius 3 is 2.31 bits per heavy atom. The molecule has 1 amide bonds. The van der Waals surface area contributed by atoms with Crippen LogP contribution < -0.4 is 9.62 Å². The molecular weight excluding hydrogens is 384 g/mol. The largest absolute Gasteiger partial charge is 0.348 e. The molecule has 0 unspecified atom stereocenters. The highest BCUT2D eigenvalue weighted by Gasteiger charge is 2.24. The summed E-state index contributed by atoms with van der Waals surface area (Å²) in [4.78, 5) is 12.8. The molecule has 0 fully saturated rings. The normalized spacial score (nSPS) is 12.5. The van der Waals surface area contributed by atoms with E-state index in [4.69, 9.17) is 0 Å². The number of carbonyl (C=O) groups is 1. The van der Waals surface area contributed by atoms with Crippen LogP contribution in [0.5, 0.6) is 0 Å². The minimum Gasteiger partial charge on any atom is -0.348 e. The van der Waals surface area contributed by atoms with E-state index >= 15 is 0 Å². The average Bonchev–Trinajstić information content (AvgIpc) is 2.70. The predicted molar refractivity (Wildman–Crippen MR) is 118 cm³/mol. The number of hydrogen-bond acceptors (Lipinski definition) is 3. The fourth-order valence-corrected chi connectivity index (χ4v) is 4.27. The molecular formula is C23H26N2O3S. The van der Waals surface area contributed by atoms with Gasteiger partial charge in [-0.2, -0.15) is 0 Å². The summed E-state index contributed by atoms with van der Waals surface area (Å²) in [7, 11) is -3.64. The van der Waals surface area contributed by atoms with E-state index in [1.165, 1.54) is 4.31 Å². The predicted octanol–water partition coefficient (Wildman–Crippen LogP) is 4.18. The summed E-state index contributed by atoms with van der Waals surface area (Å²) >= 11 is 0. The van der Waals surface area contributed by atoms with Gasteiger partial charge in [0.2, 0.25) is 15.9 Å². The molecule has 1 atom stereocenters. The highest BCUT2D eigenvalue weighted by Crippen LogP contribution is 2.28. The first-order chi connectivity index (χ1) is 13.8. The molecule has 0 saturated carbocycles. The van der Waals surface area contributed by atoms with Gasteiger partial charge in [-0.25, -0.2) is 8.42 Å². The van der Waals surface area contributed by atoms with Crippen LogP contribution in [0.1, 0.15) is 30.5 Å². The number of benzene rings is 3. The third-order valence-electron chi connectivity index (χ3n) is 4.95. The second kappa shape index (κ2) is 8.66. The first-order valence-corrected chi connectivity index (χ1v) is 11.5. The van der Waals surface area contributed by atoms with Crippen LogP contribution in [0.4, 0.5) is 5.69 Å². The molecule has 0 aliphatic carbocycles. The van der Waals surface area contributed by atoms with Crippen LogP contribution >= 0.6 is 0 Å². The molecule has 0 saturated heterocycles. The van der Waals surface area contributed by atoms with E-state index < -0.39 is 10.0 Å². The molecule has 0 spiro atoms. The number of rotatable bonds is 7. The van der Waals surface area contributed by atoms with Gasteiger partial charge in [0.25, 0.3) is 0 Å². The third-order valence-corrected chi connectivity index (χ3v) is 6.07. The molecule has 0 bridgehead atoms. The van der Waals surface area contributed by atoms with Crippen LogP contribution in [-0.2, 0) is 14.8 Å². The number of nitrogens with one attached hydrogen (secondary N) is 1. The number of carbonyl (C=O) groups excluding carboxylic acids is 1. The van der Waals surface area contributed by atoms with Crippen molar-refractivity contribution in [3.63, 3.8) is 0 Å². The highest BCUT2D eigenvalue weighted by atomic mass is 32.2. The number of sulfonamides is 1. The summed E-state index contributed by atoms with van der Waals surface area (Å²) in [5.41, 5.74) is 2.65. The number of anilines is 1. The summed E-state index contributed by atoms with van der Waals surface area (Å²) in [6.45, 7) is 3.73. The smallest absolute Gasteiger partial charge is 0.241 e. The van der Waals surface area contributed by atoms with Crippen LogP contribution in [0, 0.1) is 6.92 Å². The van der Waals surface area contributed by atoms with Crippen molar-refractivity contribution in [3.05, 3.63) is 77.9 Å². The number of nitrogens with zero attached hydrogens (tertiary/aromatic N) is 1. The van der Waals surface area contributed by atoms with Gasteiger partial charge in [-0.1, -0.05) is 73.2 Å². The molecule has 152 valence electrons. The minimum atomic E-state index is -3.64. The van der Waals surface area contributed by atoms with Crippen molar-refractivity contribution in [2.45, 2.75) is 26.3 Å². The third kappa shape index (κ3) is 4.95. The Morgan fingerprint density at radius 2 is 1.66 bits per heavy atom. The van der Waals surface area contributed by atoms with Gasteiger partial charge in [0, 0.05) is 5.39 Å². The molecule has 3 aromatic carbocycles. The standard InChI is InChI=1S/C23H26N2O3S/c1-4-21(19-14-12-17(2)13-15-19)24-23(26)16-25(29(3,27)28)22-11-7-9-18-8-5-6-10-20(18)22/h5-15,21H,4,16H2,1-3H3,(H,24,26)/t21-/m1/s1. The second-order valence-corrected chi connectivity index (χ2v) is 9.11. The van der Waals surface area contributed by atoms with Crippen molar-refractivity contribution in [1.82, 2.24) is 5.32 Å². The van der Waals surface area contributed by atoms with Gasteiger partial charge in [-0.05, 0) is 30.4 Å². The molecule has 0 aliphatic heterocycles. The highest BCUT2D eigenvalue weighted by molar-refractivity contribution is 7.92. The van der Waals surface area contributed by atoms with Crippen LogP contribution in [0.15, 0.2) is 66.7 Å². The molecule has 0 radical (unpaired) electrons. The molecule has 29 heavy (non-hydrogen) atoms. The number of amides is 1. The second-order valence-electron chi connectivity index (χ2n) is 7.21. The average molecular weight is 411 g/mol. The quantitative estimate of drug-likeness (QED) is 0.635. The lowest BCUT2D eigenvalue weighted by molar-refractivity contribution is -0.120. The monoisotopic (exact) mass is 410 g/mol. The SMILES string of the molecule is CC[C@@H](NC(=O)CN(c1cccc2ccccc12)S(C)(=O)=O)c1ccc(C)cc1. The van der Waals surface area contributed by atoms with Gasteiger partial charge in [0.15, 0.2) is 0 Å². The summed E-state index contributed by atoms with van der Waals surface area (Å²) in [5, 5.41) is 4.69. The van der Waals surface area contributed by atoms with Gasteiger partial charge in [-0.15, -0.1) is 0 Å². The van der Waals surface area contributed by atoms with Crippen molar-refractivity contribution in [1.29, 1.82) is 0 Å². The Labute approximate surface area is 172 Å². The van der Waals surface area contributed by atoms with Crippen molar-refractivity contribution < 1.29 is 13.2 Å². The Morgan fingerprint density at radius 1 is 1.00 bits per heavy atom. The fourth-order valence-electron chi connectivity index (χ4n) is 3.40. The lowest BCUT2D eigenvalue weighted by Gasteiger charge is -2.25. The Kier molecular flexibility index (Phi) is 6.23. The van der Waals surface area contributed by atoms with E-state index in [1.54, 1.807) is 12.1 Å². The zero-order valence-corrected chi connectivity index (χ0v) is 17.7. The van der Waals surface area contributed by atoms with E-state index in [2.05, 4.69) is 5.32 Å². The summed E-state index contributed by atoms with van der Waals surface area (Å²) < 4.78 is 26.2. The number of fused-ring (bicyclic) bond motifs is 1. The molecule has 0 heterocycles. The zero-order valence-electron chi connectivity index (χ0n) is 16.9. The van der Waals surface area contributed by atoms with Crippen LogP contribution in [0.2, 0.25) is 0 Å². The maximum absolute atomic E-state index is 12.8. The number of hydrogen-bond donors (Lipinski definition) is 1. The van der Waals surface area contributed by atoms with Crippen LogP contribution in [0.25, 0.3) is 10.8 Å². The topological polar surface area (TPSA) is 66.5 Å². The van der Waals surface area contributed by atoms with Crippen LogP contribution in [-0.4, -0.2) is 27.1 Å². The summed E-state index contributed by atoms with van der Waals surface area (Å²) in [5.74, 6) is -0.337. The Bertz CT molecular complexity index is 1100. The fraction of sp³-hybridized carbons (Fsp3) is 0.261. The molecule has 6 heteroatoms. The molecule has 3 aromatic rings. The van der Waals surface area contributed by atoms with Crippen molar-refractivity contribution in [2.24, 2.45) is 0 Å². The van der Waals surface area contributed by atoms with Gasteiger partial charge >= 0.3 is 0 Å². The maximum atomic E-state index is 12.8.